The Kier molecular flexibility index (Phi) is 3.01. The molecule has 5 nitrogen and oxygen atoms in total. The molecule has 0 radical (unpaired) electrons. The lowest BCUT2D eigenvalue weighted by Crippen LogP contribution is -2.27. The zero-order chi connectivity index (χ0) is 10.7. The van der Waals surface area contributed by atoms with E-state index in [-0.39, 0.29) is 0 Å². The molecule has 1 aliphatic carbocycles. The summed E-state index contributed by atoms with van der Waals surface area (Å²) in [6.07, 6.45) is 5.42. The number of nitrogens with two attached hydrogens (primary N) is 1. The Morgan fingerprint density at radius 2 is 2.40 bits per heavy atom. The van der Waals surface area contributed by atoms with E-state index in [1.807, 2.05) is 6.07 Å². The largest absolute Gasteiger partial charge is 0.353 e. The molecule has 0 amide bonds. The van der Waals surface area contributed by atoms with Crippen LogP contribution in [0.2, 0.25) is 0 Å². The third kappa shape index (κ3) is 2.36. The second-order valence-corrected chi connectivity index (χ2v) is 3.81. The number of nitrogens with zero attached hydrogens (tertiary/aromatic N) is 3. The number of rotatable bonds is 5. The number of nitrogens with one attached hydrogen (secondary N) is 1. The van der Waals surface area contributed by atoms with Gasteiger partial charge in [-0.25, -0.2) is 10.8 Å². The second kappa shape index (κ2) is 4.44. The third-order valence-corrected chi connectivity index (χ3v) is 2.52. The van der Waals surface area contributed by atoms with E-state index in [4.69, 9.17) is 5.84 Å². The SMILES string of the molecule is CCCN(c1ccnc(NN)n1)C1CC1. The summed E-state index contributed by atoms with van der Waals surface area (Å²) in [7, 11) is 0. The maximum atomic E-state index is 5.29. The van der Waals surface area contributed by atoms with E-state index >= 15 is 0 Å². The number of hydrogen-bond acceptors (Lipinski definition) is 5. The normalized spacial score (nSPS) is 15.1. The Morgan fingerprint density at radius 3 is 3.00 bits per heavy atom. The van der Waals surface area contributed by atoms with E-state index in [1.54, 1.807) is 6.20 Å². The van der Waals surface area contributed by atoms with Crippen molar-refractivity contribution in [3.63, 3.8) is 0 Å². The topological polar surface area (TPSA) is 67.1 Å². The van der Waals surface area contributed by atoms with Crippen molar-refractivity contribution in [3.05, 3.63) is 12.3 Å². The number of anilines is 2. The number of hydrazine groups is 1. The summed E-state index contributed by atoms with van der Waals surface area (Å²) in [6, 6.07) is 2.61. The van der Waals surface area contributed by atoms with Crippen molar-refractivity contribution in [2.75, 3.05) is 16.9 Å². The summed E-state index contributed by atoms with van der Waals surface area (Å²) in [5.74, 6) is 6.75. The fourth-order valence-electron chi connectivity index (χ4n) is 1.69. The van der Waals surface area contributed by atoms with Gasteiger partial charge in [0.05, 0.1) is 0 Å². The highest BCUT2D eigenvalue weighted by atomic mass is 15.3. The molecule has 0 bridgehead atoms. The van der Waals surface area contributed by atoms with Crippen LogP contribution in [0.3, 0.4) is 0 Å². The molecule has 1 heterocycles. The maximum Gasteiger partial charge on any atom is 0.239 e. The van der Waals surface area contributed by atoms with Crippen LogP contribution < -0.4 is 16.2 Å². The second-order valence-electron chi connectivity index (χ2n) is 3.81. The molecule has 0 saturated heterocycles. The smallest absolute Gasteiger partial charge is 0.239 e. The summed E-state index contributed by atoms with van der Waals surface area (Å²) in [5.41, 5.74) is 2.47. The van der Waals surface area contributed by atoms with Crippen molar-refractivity contribution >= 4 is 11.8 Å². The van der Waals surface area contributed by atoms with Crippen LogP contribution in [0.15, 0.2) is 12.3 Å². The molecule has 5 heteroatoms. The van der Waals surface area contributed by atoms with E-state index in [1.165, 1.54) is 12.8 Å². The average molecular weight is 207 g/mol. The first kappa shape index (κ1) is 10.2. The fourth-order valence-corrected chi connectivity index (χ4v) is 1.69. The van der Waals surface area contributed by atoms with Gasteiger partial charge in [0.2, 0.25) is 5.95 Å². The molecule has 2 rings (SSSR count). The van der Waals surface area contributed by atoms with Gasteiger partial charge in [-0.3, -0.25) is 5.43 Å². The minimum absolute atomic E-state index is 0.481. The van der Waals surface area contributed by atoms with Crippen molar-refractivity contribution in [1.29, 1.82) is 0 Å². The lowest BCUT2D eigenvalue weighted by molar-refractivity contribution is 0.749. The quantitative estimate of drug-likeness (QED) is 0.560. The van der Waals surface area contributed by atoms with E-state index in [0.717, 1.165) is 18.8 Å². The molecule has 82 valence electrons. The Morgan fingerprint density at radius 1 is 1.60 bits per heavy atom. The first-order chi connectivity index (χ1) is 7.35. The average Bonchev–Trinajstić information content (AvgIpc) is 3.10. The molecular formula is C10H17N5. The van der Waals surface area contributed by atoms with Gasteiger partial charge in [-0.05, 0) is 25.3 Å². The van der Waals surface area contributed by atoms with E-state index in [9.17, 15) is 0 Å². The zero-order valence-electron chi connectivity index (χ0n) is 8.98. The fraction of sp³-hybridized carbons (Fsp3) is 0.600. The van der Waals surface area contributed by atoms with Crippen LogP contribution in [0.25, 0.3) is 0 Å². The Balaban J connectivity index is 2.16. The predicted molar refractivity (Wildman–Crippen MR) is 60.5 cm³/mol. The standard InChI is InChI=1S/C10H17N5/c1-2-7-15(8-3-4-8)9-5-6-12-10(13-9)14-11/h5-6,8H,2-4,7,11H2,1H3,(H,12,13,14). The molecule has 1 saturated carbocycles. The van der Waals surface area contributed by atoms with Crippen LogP contribution in [0, 0.1) is 0 Å². The first-order valence-corrected chi connectivity index (χ1v) is 5.41. The summed E-state index contributed by atoms with van der Waals surface area (Å²) in [5, 5.41) is 0. The molecule has 0 atom stereocenters. The predicted octanol–water partition coefficient (Wildman–Crippen LogP) is 1.14. The van der Waals surface area contributed by atoms with E-state index < -0.39 is 0 Å². The first-order valence-electron chi connectivity index (χ1n) is 5.41. The monoisotopic (exact) mass is 207 g/mol. The lowest BCUT2D eigenvalue weighted by atomic mass is 10.4. The molecule has 1 aromatic rings. The van der Waals surface area contributed by atoms with Gasteiger partial charge in [0, 0.05) is 18.8 Å². The number of nitrogen functional groups attached to an aromatic ring is 1. The van der Waals surface area contributed by atoms with Gasteiger partial charge in [0.25, 0.3) is 0 Å². The van der Waals surface area contributed by atoms with Crippen LogP contribution >= 0.6 is 0 Å². The van der Waals surface area contributed by atoms with E-state index in [2.05, 4.69) is 27.2 Å². The van der Waals surface area contributed by atoms with E-state index in [0.29, 0.717) is 12.0 Å². The zero-order valence-corrected chi connectivity index (χ0v) is 8.98. The van der Waals surface area contributed by atoms with Crippen molar-refractivity contribution < 1.29 is 0 Å². The van der Waals surface area contributed by atoms with Crippen LogP contribution in [-0.2, 0) is 0 Å². The van der Waals surface area contributed by atoms with Gasteiger partial charge < -0.3 is 4.90 Å². The molecule has 15 heavy (non-hydrogen) atoms. The van der Waals surface area contributed by atoms with Crippen LogP contribution in [0.5, 0.6) is 0 Å². The van der Waals surface area contributed by atoms with Crippen LogP contribution in [0.1, 0.15) is 26.2 Å². The number of aromatic nitrogens is 2. The summed E-state index contributed by atoms with van der Waals surface area (Å²) in [6.45, 7) is 3.23. The highest BCUT2D eigenvalue weighted by molar-refractivity contribution is 5.44. The molecule has 0 spiro atoms. The Labute approximate surface area is 89.7 Å². The van der Waals surface area contributed by atoms with Gasteiger partial charge in [-0.1, -0.05) is 6.92 Å². The van der Waals surface area contributed by atoms with Gasteiger partial charge in [0.1, 0.15) is 5.82 Å². The van der Waals surface area contributed by atoms with Gasteiger partial charge in [-0.15, -0.1) is 0 Å². The lowest BCUT2D eigenvalue weighted by Gasteiger charge is -2.22. The molecule has 3 N–H and O–H groups in total. The molecular weight excluding hydrogens is 190 g/mol. The highest BCUT2D eigenvalue weighted by Gasteiger charge is 2.29. The minimum Gasteiger partial charge on any atom is -0.353 e. The molecule has 1 aliphatic rings. The highest BCUT2D eigenvalue weighted by Crippen LogP contribution is 2.30. The summed E-state index contributed by atoms with van der Waals surface area (Å²) < 4.78 is 0. The van der Waals surface area contributed by atoms with Crippen molar-refractivity contribution in [1.82, 2.24) is 9.97 Å². The van der Waals surface area contributed by atoms with Gasteiger partial charge >= 0.3 is 0 Å². The third-order valence-electron chi connectivity index (χ3n) is 2.52. The van der Waals surface area contributed by atoms with Gasteiger partial charge in [-0.2, -0.15) is 4.98 Å². The molecule has 0 aliphatic heterocycles. The Hall–Kier alpha value is -1.36. The number of hydrogen-bond donors (Lipinski definition) is 2. The van der Waals surface area contributed by atoms with Crippen LogP contribution in [0.4, 0.5) is 11.8 Å². The van der Waals surface area contributed by atoms with Crippen LogP contribution in [-0.4, -0.2) is 22.6 Å². The molecule has 0 aromatic carbocycles. The summed E-state index contributed by atoms with van der Waals surface area (Å²) >= 11 is 0. The van der Waals surface area contributed by atoms with Crippen molar-refractivity contribution in [3.8, 4) is 0 Å². The molecule has 1 fully saturated rings. The summed E-state index contributed by atoms with van der Waals surface area (Å²) in [4.78, 5) is 10.7. The molecule has 0 unspecified atom stereocenters. The minimum atomic E-state index is 0.481. The van der Waals surface area contributed by atoms with Gasteiger partial charge in [0.15, 0.2) is 0 Å². The molecule has 1 aromatic heterocycles. The van der Waals surface area contributed by atoms with Crippen molar-refractivity contribution in [2.24, 2.45) is 5.84 Å². The Bertz CT molecular complexity index is 323. The van der Waals surface area contributed by atoms with Crippen molar-refractivity contribution in [2.45, 2.75) is 32.2 Å². The maximum absolute atomic E-state index is 5.29.